The normalized spacial score (nSPS) is 10.9. The molecule has 0 aliphatic carbocycles. The first kappa shape index (κ1) is 14.0. The molecule has 0 N–H and O–H groups in total. The van der Waals surface area contributed by atoms with Gasteiger partial charge in [-0.25, -0.2) is 0 Å². The minimum Gasteiger partial charge on any atom is -0.469 e. The summed E-state index contributed by atoms with van der Waals surface area (Å²) in [6.45, 7) is 3.24. The molecule has 0 aliphatic heterocycles. The number of carbonyl (C=O) groups excluding carboxylic acids is 1. The van der Waals surface area contributed by atoms with Gasteiger partial charge in [-0.3, -0.25) is 9.48 Å². The molecule has 0 aromatic carbocycles. The Morgan fingerprint density at radius 1 is 1.59 bits per heavy atom. The van der Waals surface area contributed by atoms with E-state index in [-0.39, 0.29) is 5.97 Å². The third-order valence-corrected chi connectivity index (χ3v) is 3.10. The van der Waals surface area contributed by atoms with E-state index in [9.17, 15) is 4.79 Å². The van der Waals surface area contributed by atoms with Crippen molar-refractivity contribution in [3.63, 3.8) is 0 Å². The van der Waals surface area contributed by atoms with E-state index in [0.717, 1.165) is 11.3 Å². The van der Waals surface area contributed by atoms with E-state index in [1.807, 2.05) is 25.9 Å². The van der Waals surface area contributed by atoms with Crippen LogP contribution in [0.4, 0.5) is 0 Å². The highest BCUT2D eigenvalue weighted by atomic mass is 35.5. The summed E-state index contributed by atoms with van der Waals surface area (Å²) in [5.41, 5.74) is 1.92. The molecule has 0 bridgehead atoms. The van der Waals surface area contributed by atoms with Crippen molar-refractivity contribution in [2.24, 2.45) is 7.05 Å². The van der Waals surface area contributed by atoms with Crippen LogP contribution in [0, 0.1) is 6.92 Å². The SMILES string of the molecule is COC(=O)CCN(C)Cc1c(C)nn(C)c1Cl. The highest BCUT2D eigenvalue weighted by Gasteiger charge is 2.13. The lowest BCUT2D eigenvalue weighted by Gasteiger charge is -2.15. The molecule has 0 fully saturated rings. The van der Waals surface area contributed by atoms with Crippen LogP contribution < -0.4 is 0 Å². The van der Waals surface area contributed by atoms with Gasteiger partial charge in [0, 0.05) is 25.7 Å². The fourth-order valence-electron chi connectivity index (χ4n) is 1.59. The molecule has 0 aliphatic rings. The molecule has 17 heavy (non-hydrogen) atoms. The van der Waals surface area contributed by atoms with Crippen LogP contribution in [-0.2, 0) is 23.1 Å². The van der Waals surface area contributed by atoms with Gasteiger partial charge in [0.15, 0.2) is 0 Å². The predicted octanol–water partition coefficient (Wildman–Crippen LogP) is 1.38. The van der Waals surface area contributed by atoms with Gasteiger partial charge in [0.05, 0.1) is 19.2 Å². The molecule has 0 amide bonds. The fraction of sp³-hybridized carbons (Fsp3) is 0.636. The maximum Gasteiger partial charge on any atom is 0.306 e. The van der Waals surface area contributed by atoms with Crippen molar-refractivity contribution in [3.8, 4) is 0 Å². The first-order valence-electron chi connectivity index (χ1n) is 5.39. The van der Waals surface area contributed by atoms with E-state index in [1.165, 1.54) is 7.11 Å². The highest BCUT2D eigenvalue weighted by Crippen LogP contribution is 2.19. The first-order chi connectivity index (χ1) is 7.95. The molecule has 96 valence electrons. The number of rotatable bonds is 5. The zero-order valence-electron chi connectivity index (χ0n) is 10.7. The van der Waals surface area contributed by atoms with E-state index in [0.29, 0.717) is 24.7 Å². The summed E-state index contributed by atoms with van der Waals surface area (Å²) < 4.78 is 6.25. The molecule has 0 atom stereocenters. The molecule has 1 heterocycles. The van der Waals surface area contributed by atoms with Crippen LogP contribution in [0.3, 0.4) is 0 Å². The molecule has 6 heteroatoms. The minimum absolute atomic E-state index is 0.203. The summed E-state index contributed by atoms with van der Waals surface area (Å²) in [5, 5.41) is 4.89. The number of aryl methyl sites for hydroxylation is 2. The highest BCUT2D eigenvalue weighted by molar-refractivity contribution is 6.30. The fourth-order valence-corrected chi connectivity index (χ4v) is 1.82. The first-order valence-corrected chi connectivity index (χ1v) is 5.76. The van der Waals surface area contributed by atoms with E-state index in [4.69, 9.17) is 11.6 Å². The molecule has 5 nitrogen and oxygen atoms in total. The van der Waals surface area contributed by atoms with Crippen LogP contribution >= 0.6 is 11.6 Å². The molecule has 0 saturated carbocycles. The van der Waals surface area contributed by atoms with Gasteiger partial charge in [-0.2, -0.15) is 5.10 Å². The Balaban J connectivity index is 2.56. The minimum atomic E-state index is -0.203. The summed E-state index contributed by atoms with van der Waals surface area (Å²) in [6, 6.07) is 0. The van der Waals surface area contributed by atoms with Gasteiger partial charge in [-0.15, -0.1) is 0 Å². The quantitative estimate of drug-likeness (QED) is 0.750. The topological polar surface area (TPSA) is 47.4 Å². The smallest absolute Gasteiger partial charge is 0.306 e. The van der Waals surface area contributed by atoms with Gasteiger partial charge in [-0.1, -0.05) is 11.6 Å². The van der Waals surface area contributed by atoms with E-state index < -0.39 is 0 Å². The monoisotopic (exact) mass is 259 g/mol. The van der Waals surface area contributed by atoms with Gasteiger partial charge >= 0.3 is 5.97 Å². The van der Waals surface area contributed by atoms with Crippen molar-refractivity contribution < 1.29 is 9.53 Å². The lowest BCUT2D eigenvalue weighted by molar-refractivity contribution is -0.140. The van der Waals surface area contributed by atoms with Crippen molar-refractivity contribution in [1.82, 2.24) is 14.7 Å². The second kappa shape index (κ2) is 6.02. The van der Waals surface area contributed by atoms with Crippen LogP contribution in [0.1, 0.15) is 17.7 Å². The number of hydrogen-bond acceptors (Lipinski definition) is 4. The molecular weight excluding hydrogens is 242 g/mol. The Hall–Kier alpha value is -1.07. The summed E-state index contributed by atoms with van der Waals surface area (Å²) in [5.74, 6) is -0.203. The van der Waals surface area contributed by atoms with E-state index >= 15 is 0 Å². The molecule has 1 rings (SSSR count). The number of nitrogens with zero attached hydrogens (tertiary/aromatic N) is 3. The maximum absolute atomic E-state index is 11.0. The largest absolute Gasteiger partial charge is 0.469 e. The zero-order valence-corrected chi connectivity index (χ0v) is 11.4. The van der Waals surface area contributed by atoms with Gasteiger partial charge in [0.25, 0.3) is 0 Å². The standard InChI is InChI=1S/C11H18ClN3O2/c1-8-9(11(12)15(3)13-8)7-14(2)6-5-10(16)17-4/h5-7H2,1-4H3. The van der Waals surface area contributed by atoms with Crippen molar-refractivity contribution in [2.75, 3.05) is 20.7 Å². The number of carbonyl (C=O) groups is 1. The summed E-state index contributed by atoms with van der Waals surface area (Å²) in [4.78, 5) is 13.0. The Labute approximate surface area is 106 Å². The van der Waals surface area contributed by atoms with Crippen molar-refractivity contribution in [2.45, 2.75) is 19.9 Å². The summed E-state index contributed by atoms with van der Waals surface area (Å²) >= 11 is 6.13. The Bertz CT molecular complexity index is 404. The molecule has 0 radical (unpaired) electrons. The molecule has 0 saturated heterocycles. The molecule has 0 unspecified atom stereocenters. The number of ether oxygens (including phenoxy) is 1. The van der Waals surface area contributed by atoms with Crippen LogP contribution in [0.2, 0.25) is 5.15 Å². The summed E-state index contributed by atoms with van der Waals surface area (Å²) in [7, 11) is 5.14. The van der Waals surface area contributed by atoms with E-state index in [2.05, 4.69) is 9.84 Å². The van der Waals surface area contributed by atoms with Crippen LogP contribution in [0.25, 0.3) is 0 Å². The lowest BCUT2D eigenvalue weighted by atomic mass is 10.2. The third kappa shape index (κ3) is 3.71. The second-order valence-electron chi connectivity index (χ2n) is 4.04. The molecule has 1 aromatic heterocycles. The Morgan fingerprint density at radius 3 is 2.71 bits per heavy atom. The third-order valence-electron chi connectivity index (χ3n) is 2.62. The molecule has 1 aromatic rings. The van der Waals surface area contributed by atoms with Gasteiger partial charge in [0.2, 0.25) is 0 Å². The van der Waals surface area contributed by atoms with Crippen molar-refractivity contribution in [1.29, 1.82) is 0 Å². The average Bonchev–Trinajstić information content (AvgIpc) is 2.53. The second-order valence-corrected chi connectivity index (χ2v) is 4.40. The van der Waals surface area contributed by atoms with Crippen LogP contribution in [0.5, 0.6) is 0 Å². The average molecular weight is 260 g/mol. The van der Waals surface area contributed by atoms with Gasteiger partial charge in [-0.05, 0) is 14.0 Å². The van der Waals surface area contributed by atoms with Crippen molar-refractivity contribution >= 4 is 17.6 Å². The molecular formula is C11H18ClN3O2. The number of halogens is 1. The number of aromatic nitrogens is 2. The van der Waals surface area contributed by atoms with Crippen molar-refractivity contribution in [3.05, 3.63) is 16.4 Å². The van der Waals surface area contributed by atoms with Gasteiger partial charge in [0.1, 0.15) is 5.15 Å². The Kier molecular flexibility index (Phi) is 4.96. The lowest BCUT2D eigenvalue weighted by Crippen LogP contribution is -2.22. The van der Waals surface area contributed by atoms with Crippen LogP contribution in [0.15, 0.2) is 0 Å². The summed E-state index contributed by atoms with van der Waals surface area (Å²) in [6.07, 6.45) is 0.379. The van der Waals surface area contributed by atoms with Crippen LogP contribution in [-0.4, -0.2) is 41.4 Å². The van der Waals surface area contributed by atoms with Gasteiger partial charge < -0.3 is 9.64 Å². The van der Waals surface area contributed by atoms with E-state index in [1.54, 1.807) is 4.68 Å². The molecule has 0 spiro atoms. The zero-order chi connectivity index (χ0) is 13.0. The Morgan fingerprint density at radius 2 is 2.24 bits per heavy atom. The number of esters is 1. The number of hydrogen-bond donors (Lipinski definition) is 0. The number of methoxy groups -OCH3 is 1. The maximum atomic E-state index is 11.0. The predicted molar refractivity (Wildman–Crippen MR) is 65.9 cm³/mol.